The van der Waals surface area contributed by atoms with Gasteiger partial charge in [0.25, 0.3) is 0 Å². The van der Waals surface area contributed by atoms with Crippen LogP contribution < -0.4 is 0 Å². The van der Waals surface area contributed by atoms with Crippen LogP contribution in [0.5, 0.6) is 0 Å². The Kier molecular flexibility index (Phi) is 1.86. The lowest BCUT2D eigenvalue weighted by atomic mass is 10.1. The second kappa shape index (κ2) is 3.58. The van der Waals surface area contributed by atoms with E-state index in [1.54, 1.807) is 0 Å². The van der Waals surface area contributed by atoms with E-state index < -0.39 is 0 Å². The Balaban J connectivity index is 2.07. The number of hydrogen-bond donors (Lipinski definition) is 0. The molecule has 3 heteroatoms. The minimum atomic E-state index is 1.05. The average molecular weight is 274 g/mol. The molecule has 0 aliphatic carbocycles. The molecule has 0 spiro atoms. The first-order chi connectivity index (χ1) is 9.90. The molecule has 0 bridgehead atoms. The summed E-state index contributed by atoms with van der Waals surface area (Å²) in [6.07, 6.45) is 5.94. The highest BCUT2D eigenvalue weighted by Crippen LogP contribution is 2.37. The first-order valence-corrected chi connectivity index (χ1v) is 7.38. The Bertz CT molecular complexity index is 1100. The molecule has 0 unspecified atom stereocenters. The molecular weight excluding hydrogens is 264 g/mol. The zero-order valence-corrected chi connectivity index (χ0v) is 11.4. The standard InChI is InChI=1S/C17H10N2S/c1-2-4-12-10-15-14(9-11(12)3-1)13-5-7-19-8-6-18-17(19)16(13)20-15/h1-10H. The van der Waals surface area contributed by atoms with Gasteiger partial charge < -0.3 is 4.40 Å². The van der Waals surface area contributed by atoms with Gasteiger partial charge >= 0.3 is 0 Å². The van der Waals surface area contributed by atoms with Gasteiger partial charge in [0, 0.05) is 34.1 Å². The van der Waals surface area contributed by atoms with E-state index in [1.807, 2.05) is 23.7 Å². The topological polar surface area (TPSA) is 17.3 Å². The smallest absolute Gasteiger partial charge is 0.154 e. The maximum absolute atomic E-state index is 4.49. The fourth-order valence-corrected chi connectivity index (χ4v) is 4.12. The molecule has 0 fully saturated rings. The molecule has 5 aromatic rings. The van der Waals surface area contributed by atoms with Gasteiger partial charge in [-0.1, -0.05) is 24.3 Å². The molecule has 0 saturated heterocycles. The van der Waals surface area contributed by atoms with E-state index in [2.05, 4.69) is 58.0 Å². The van der Waals surface area contributed by atoms with Crippen LogP contribution in [0.15, 0.2) is 61.1 Å². The molecule has 0 aliphatic heterocycles. The quantitative estimate of drug-likeness (QED) is 0.394. The molecule has 94 valence electrons. The van der Waals surface area contributed by atoms with Crippen molar-refractivity contribution in [3.63, 3.8) is 0 Å². The number of fused-ring (bicyclic) bond motifs is 6. The van der Waals surface area contributed by atoms with Crippen LogP contribution in [0.25, 0.3) is 36.6 Å². The van der Waals surface area contributed by atoms with Crippen molar-refractivity contribution in [2.75, 3.05) is 0 Å². The Morgan fingerprint density at radius 3 is 2.65 bits per heavy atom. The van der Waals surface area contributed by atoms with Gasteiger partial charge in [0.05, 0.1) is 4.70 Å². The third-order valence-electron chi connectivity index (χ3n) is 3.87. The Labute approximate surface area is 118 Å². The fourth-order valence-electron chi connectivity index (χ4n) is 2.90. The fraction of sp³-hybridized carbons (Fsp3) is 0. The summed E-state index contributed by atoms with van der Waals surface area (Å²) in [6.45, 7) is 0. The second-order valence-corrected chi connectivity index (χ2v) is 6.07. The summed E-state index contributed by atoms with van der Waals surface area (Å²) in [7, 11) is 0. The first kappa shape index (κ1) is 10.4. The van der Waals surface area contributed by atoms with Crippen molar-refractivity contribution in [1.82, 2.24) is 9.38 Å². The van der Waals surface area contributed by atoms with Crippen molar-refractivity contribution in [2.45, 2.75) is 0 Å². The van der Waals surface area contributed by atoms with E-state index in [1.165, 1.54) is 30.9 Å². The van der Waals surface area contributed by atoms with Crippen molar-refractivity contribution < 1.29 is 0 Å². The van der Waals surface area contributed by atoms with Crippen molar-refractivity contribution in [1.29, 1.82) is 0 Å². The number of rotatable bonds is 0. The molecular formula is C17H10N2S. The number of aromatic nitrogens is 2. The molecule has 0 aliphatic rings. The van der Waals surface area contributed by atoms with Gasteiger partial charge in [0.15, 0.2) is 5.65 Å². The predicted octanol–water partition coefficient (Wildman–Crippen LogP) is 4.86. The highest BCUT2D eigenvalue weighted by Gasteiger charge is 2.10. The summed E-state index contributed by atoms with van der Waals surface area (Å²) < 4.78 is 4.68. The maximum Gasteiger partial charge on any atom is 0.154 e. The monoisotopic (exact) mass is 274 g/mol. The van der Waals surface area contributed by atoms with E-state index >= 15 is 0 Å². The van der Waals surface area contributed by atoms with Crippen LogP contribution in [0.2, 0.25) is 0 Å². The van der Waals surface area contributed by atoms with E-state index in [0.717, 1.165) is 5.65 Å². The normalized spacial score (nSPS) is 12.0. The average Bonchev–Trinajstić information content (AvgIpc) is 3.08. The van der Waals surface area contributed by atoms with Gasteiger partial charge in [-0.15, -0.1) is 11.3 Å². The molecule has 20 heavy (non-hydrogen) atoms. The van der Waals surface area contributed by atoms with Crippen LogP contribution in [-0.4, -0.2) is 9.38 Å². The Hall–Kier alpha value is -2.39. The van der Waals surface area contributed by atoms with Crippen LogP contribution in [-0.2, 0) is 0 Å². The van der Waals surface area contributed by atoms with Crippen molar-refractivity contribution in [3.8, 4) is 0 Å². The summed E-state index contributed by atoms with van der Waals surface area (Å²) in [5, 5.41) is 5.22. The number of pyridine rings is 1. The number of thiophene rings is 1. The van der Waals surface area contributed by atoms with Crippen LogP contribution in [0.4, 0.5) is 0 Å². The molecule has 0 amide bonds. The van der Waals surface area contributed by atoms with Crippen molar-refractivity contribution in [2.24, 2.45) is 0 Å². The lowest BCUT2D eigenvalue weighted by molar-refractivity contribution is 1.21. The predicted molar refractivity (Wildman–Crippen MR) is 85.6 cm³/mol. The zero-order valence-electron chi connectivity index (χ0n) is 10.6. The molecule has 2 nitrogen and oxygen atoms in total. The molecule has 5 rings (SSSR count). The zero-order chi connectivity index (χ0) is 13.1. The summed E-state index contributed by atoms with van der Waals surface area (Å²) in [6, 6.07) is 15.3. The van der Waals surface area contributed by atoms with Gasteiger partial charge in [-0.05, 0) is 29.0 Å². The Morgan fingerprint density at radius 2 is 1.75 bits per heavy atom. The van der Waals surface area contributed by atoms with Crippen LogP contribution in [0.1, 0.15) is 0 Å². The molecule has 3 heterocycles. The van der Waals surface area contributed by atoms with E-state index in [4.69, 9.17) is 0 Å². The van der Waals surface area contributed by atoms with Crippen LogP contribution in [0, 0.1) is 0 Å². The molecule has 2 aromatic carbocycles. The second-order valence-electron chi connectivity index (χ2n) is 5.01. The highest BCUT2D eigenvalue weighted by molar-refractivity contribution is 7.26. The third kappa shape index (κ3) is 1.25. The molecule has 0 saturated carbocycles. The minimum Gasteiger partial charge on any atom is -0.306 e. The first-order valence-electron chi connectivity index (χ1n) is 6.57. The van der Waals surface area contributed by atoms with Crippen LogP contribution >= 0.6 is 11.3 Å². The largest absolute Gasteiger partial charge is 0.306 e. The van der Waals surface area contributed by atoms with Gasteiger partial charge in [0.1, 0.15) is 0 Å². The third-order valence-corrected chi connectivity index (χ3v) is 5.03. The summed E-state index contributed by atoms with van der Waals surface area (Å²) >= 11 is 1.83. The van der Waals surface area contributed by atoms with Crippen molar-refractivity contribution >= 4 is 47.9 Å². The van der Waals surface area contributed by atoms with E-state index in [0.29, 0.717) is 0 Å². The maximum atomic E-state index is 4.49. The number of hydrogen-bond acceptors (Lipinski definition) is 2. The van der Waals surface area contributed by atoms with Gasteiger partial charge in [-0.25, -0.2) is 4.98 Å². The number of benzene rings is 2. The SMILES string of the molecule is c1ccc2cc3c(cc2c1)sc1c3ccn2ccnc12. The van der Waals surface area contributed by atoms with Crippen molar-refractivity contribution in [3.05, 3.63) is 61.1 Å². The molecule has 3 aromatic heterocycles. The van der Waals surface area contributed by atoms with Crippen LogP contribution in [0.3, 0.4) is 0 Å². The van der Waals surface area contributed by atoms with Gasteiger partial charge in [-0.2, -0.15) is 0 Å². The van der Waals surface area contributed by atoms with Gasteiger partial charge in [0.2, 0.25) is 0 Å². The van der Waals surface area contributed by atoms with Gasteiger partial charge in [-0.3, -0.25) is 0 Å². The molecule has 0 atom stereocenters. The summed E-state index contributed by atoms with van der Waals surface area (Å²) in [5.74, 6) is 0. The Morgan fingerprint density at radius 1 is 0.900 bits per heavy atom. The lowest BCUT2D eigenvalue weighted by Gasteiger charge is -1.98. The number of nitrogens with zero attached hydrogens (tertiary/aromatic N) is 2. The summed E-state index contributed by atoms with van der Waals surface area (Å²) in [5.41, 5.74) is 1.05. The molecule has 0 radical (unpaired) electrons. The molecule has 0 N–H and O–H groups in total. The highest BCUT2D eigenvalue weighted by atomic mass is 32.1. The lowest BCUT2D eigenvalue weighted by Crippen LogP contribution is -1.80. The van der Waals surface area contributed by atoms with E-state index in [-0.39, 0.29) is 0 Å². The van der Waals surface area contributed by atoms with E-state index in [9.17, 15) is 0 Å². The number of imidazole rings is 1. The summed E-state index contributed by atoms with van der Waals surface area (Å²) in [4.78, 5) is 4.49. The minimum absolute atomic E-state index is 1.05.